The molecule has 0 N–H and O–H groups in total. The Morgan fingerprint density at radius 1 is 0.375 bits per heavy atom. The van der Waals surface area contributed by atoms with Crippen molar-refractivity contribution in [3.05, 3.63) is 143 Å². The molecule has 0 fully saturated rings. The zero-order valence-corrected chi connectivity index (χ0v) is 27.8. The largest absolute Gasteiger partial charge is 0.416 e. The van der Waals surface area contributed by atoms with E-state index < -0.39 is 52.5 Å². The van der Waals surface area contributed by atoms with E-state index in [9.17, 15) is 57.9 Å². The number of hydrogen-bond acceptors (Lipinski definition) is 1. The summed E-state index contributed by atoms with van der Waals surface area (Å²) in [5.74, 6) is 0. The van der Waals surface area contributed by atoms with E-state index in [0.29, 0.717) is 12.1 Å². The second-order valence-electron chi connectivity index (χ2n) is 13.0. The van der Waals surface area contributed by atoms with Crippen molar-refractivity contribution in [3.8, 4) is 28.6 Å². The second kappa shape index (κ2) is 12.3. The minimum Gasteiger partial charge on any atom is -0.308 e. The number of halogens is 12. The zero-order valence-electron chi connectivity index (χ0n) is 27.8. The number of alkyl halides is 12. The van der Waals surface area contributed by atoms with Gasteiger partial charge in [-0.3, -0.25) is 0 Å². The summed E-state index contributed by atoms with van der Waals surface area (Å²) >= 11 is 0. The smallest absolute Gasteiger partial charge is 0.308 e. The molecule has 2 heterocycles. The van der Waals surface area contributed by atoms with Crippen LogP contribution in [0.5, 0.6) is 0 Å². The highest BCUT2D eigenvalue weighted by Gasteiger charge is 2.38. The first kappa shape index (κ1) is 36.5. The maximum atomic E-state index is 14.1. The molecule has 3 nitrogen and oxygen atoms in total. The number of nitriles is 1. The summed E-state index contributed by atoms with van der Waals surface area (Å²) in [5.41, 5.74) is -5.99. The molecular formula is C41H19F12N3. The third-order valence-electron chi connectivity index (χ3n) is 9.61. The van der Waals surface area contributed by atoms with Crippen LogP contribution in [-0.4, -0.2) is 9.13 Å². The van der Waals surface area contributed by atoms with E-state index >= 15 is 0 Å². The Morgan fingerprint density at radius 2 is 0.732 bits per heavy atom. The molecule has 0 radical (unpaired) electrons. The molecule has 0 aliphatic heterocycles. The molecule has 0 amide bonds. The molecule has 0 atom stereocenters. The SMILES string of the molecule is N#Cc1c(-n2c3ccccc3c3cc(C(F)(F)F)ccc32)cc(-c2cc(C(F)(F)F)cc(C(F)(F)F)c2)cc1-n1c2ccccc2c2cc(C(F)(F)F)ccc21. The number of fused-ring (bicyclic) bond motifs is 6. The summed E-state index contributed by atoms with van der Waals surface area (Å²) in [6.07, 6.45) is -20.0. The average molecular weight is 782 g/mol. The summed E-state index contributed by atoms with van der Waals surface area (Å²) in [6, 6.07) is 23.2. The maximum absolute atomic E-state index is 14.1. The van der Waals surface area contributed by atoms with Crippen molar-refractivity contribution in [3.63, 3.8) is 0 Å². The van der Waals surface area contributed by atoms with Crippen LogP contribution in [0.2, 0.25) is 0 Å². The van der Waals surface area contributed by atoms with E-state index in [1.54, 1.807) is 24.3 Å². The molecule has 15 heteroatoms. The molecule has 8 aromatic rings. The van der Waals surface area contributed by atoms with E-state index in [1.807, 2.05) is 0 Å². The number of nitrogens with zero attached hydrogens (tertiary/aromatic N) is 3. The van der Waals surface area contributed by atoms with Gasteiger partial charge in [-0.15, -0.1) is 0 Å². The van der Waals surface area contributed by atoms with Crippen molar-refractivity contribution < 1.29 is 52.7 Å². The fourth-order valence-corrected chi connectivity index (χ4v) is 7.18. The van der Waals surface area contributed by atoms with Crippen LogP contribution >= 0.6 is 0 Å². The van der Waals surface area contributed by atoms with Gasteiger partial charge < -0.3 is 9.13 Å². The van der Waals surface area contributed by atoms with Gasteiger partial charge in [0.05, 0.1) is 55.7 Å². The Hall–Kier alpha value is -6.43. The molecule has 0 saturated heterocycles. The van der Waals surface area contributed by atoms with Gasteiger partial charge in [0, 0.05) is 21.5 Å². The monoisotopic (exact) mass is 781 g/mol. The molecule has 282 valence electrons. The standard InChI is InChI=1S/C41H19F12N3/c42-38(43,44)23-9-11-34-29(18-23)27-5-1-3-7-32(27)55(34)36-15-22(21-13-25(40(48,49)50)17-26(14-21)41(51,52)53)16-37(31(36)20-54)56-33-8-4-2-6-28(33)30-19-24(39(45,46)47)10-12-35(30)56/h1-19H. The summed E-state index contributed by atoms with van der Waals surface area (Å²) in [4.78, 5) is 0. The Morgan fingerprint density at radius 3 is 1.11 bits per heavy atom. The highest BCUT2D eigenvalue weighted by molar-refractivity contribution is 6.11. The first-order chi connectivity index (χ1) is 26.3. The number of benzene rings is 6. The average Bonchev–Trinajstić information content (AvgIpc) is 3.65. The maximum Gasteiger partial charge on any atom is 0.416 e. The predicted molar refractivity (Wildman–Crippen MR) is 185 cm³/mol. The minimum atomic E-state index is -5.24. The van der Waals surface area contributed by atoms with Crippen LogP contribution in [-0.2, 0) is 24.7 Å². The second-order valence-corrected chi connectivity index (χ2v) is 13.0. The fraction of sp³-hybridized carbons (Fsp3) is 0.0976. The number of rotatable bonds is 3. The van der Waals surface area contributed by atoms with Crippen molar-refractivity contribution in [1.82, 2.24) is 9.13 Å². The van der Waals surface area contributed by atoms with Gasteiger partial charge >= 0.3 is 24.7 Å². The van der Waals surface area contributed by atoms with Crippen LogP contribution in [0.4, 0.5) is 52.7 Å². The van der Waals surface area contributed by atoms with Crippen molar-refractivity contribution in [2.45, 2.75) is 24.7 Å². The summed E-state index contributed by atoms with van der Waals surface area (Å²) in [6.45, 7) is 0. The minimum absolute atomic E-state index is 0.0502. The normalized spacial score (nSPS) is 13.0. The third kappa shape index (κ3) is 5.96. The third-order valence-corrected chi connectivity index (χ3v) is 9.61. The molecule has 0 unspecified atom stereocenters. The van der Waals surface area contributed by atoms with Crippen LogP contribution in [0.3, 0.4) is 0 Å². The lowest BCUT2D eigenvalue weighted by Crippen LogP contribution is -2.11. The van der Waals surface area contributed by atoms with Gasteiger partial charge in [0.25, 0.3) is 0 Å². The Labute approximate surface area is 306 Å². The molecule has 0 aliphatic rings. The zero-order chi connectivity index (χ0) is 40.1. The lowest BCUT2D eigenvalue weighted by Gasteiger charge is -2.20. The lowest BCUT2D eigenvalue weighted by atomic mass is 9.96. The molecule has 0 spiro atoms. The molecule has 2 aromatic heterocycles. The van der Waals surface area contributed by atoms with Gasteiger partial charge in [0.15, 0.2) is 0 Å². The van der Waals surface area contributed by atoms with Crippen LogP contribution in [0.1, 0.15) is 27.8 Å². The molecule has 56 heavy (non-hydrogen) atoms. The van der Waals surface area contributed by atoms with Crippen LogP contribution in [0.15, 0.2) is 115 Å². The Balaban J connectivity index is 1.55. The number of aromatic nitrogens is 2. The van der Waals surface area contributed by atoms with E-state index in [2.05, 4.69) is 6.07 Å². The summed E-state index contributed by atoms with van der Waals surface area (Å²) in [5, 5.41) is 11.6. The Kier molecular flexibility index (Phi) is 8.02. The molecule has 8 rings (SSSR count). The summed E-state index contributed by atoms with van der Waals surface area (Å²) < 4.78 is 171. The van der Waals surface area contributed by atoms with E-state index in [4.69, 9.17) is 0 Å². The van der Waals surface area contributed by atoms with Crippen LogP contribution in [0, 0.1) is 11.3 Å². The highest BCUT2D eigenvalue weighted by Crippen LogP contribution is 2.44. The van der Waals surface area contributed by atoms with Crippen LogP contribution in [0.25, 0.3) is 66.1 Å². The summed E-state index contributed by atoms with van der Waals surface area (Å²) in [7, 11) is 0. The van der Waals surface area contributed by atoms with Crippen molar-refractivity contribution in [1.29, 1.82) is 5.26 Å². The van der Waals surface area contributed by atoms with Gasteiger partial charge in [-0.1, -0.05) is 36.4 Å². The molecular weight excluding hydrogens is 762 g/mol. The molecule has 6 aromatic carbocycles. The van der Waals surface area contributed by atoms with Gasteiger partial charge in [0.1, 0.15) is 11.6 Å². The highest BCUT2D eigenvalue weighted by atomic mass is 19.4. The predicted octanol–water partition coefficient (Wildman–Crippen LogP) is 13.5. The van der Waals surface area contributed by atoms with Crippen molar-refractivity contribution in [2.24, 2.45) is 0 Å². The van der Waals surface area contributed by atoms with Gasteiger partial charge in [-0.25, -0.2) is 0 Å². The first-order valence-corrected chi connectivity index (χ1v) is 16.4. The first-order valence-electron chi connectivity index (χ1n) is 16.4. The molecule has 0 bridgehead atoms. The Bertz CT molecular complexity index is 2750. The fourth-order valence-electron chi connectivity index (χ4n) is 7.18. The number of para-hydroxylation sites is 2. The van der Waals surface area contributed by atoms with Gasteiger partial charge in [-0.05, 0) is 90.0 Å². The molecule has 0 aliphatic carbocycles. The van der Waals surface area contributed by atoms with Crippen molar-refractivity contribution >= 4 is 43.6 Å². The lowest BCUT2D eigenvalue weighted by molar-refractivity contribution is -0.143. The number of hydrogen-bond donors (Lipinski definition) is 0. The van der Waals surface area contributed by atoms with E-state index in [-0.39, 0.29) is 72.2 Å². The van der Waals surface area contributed by atoms with E-state index in [0.717, 1.165) is 48.5 Å². The quantitative estimate of drug-likeness (QED) is 0.164. The van der Waals surface area contributed by atoms with Gasteiger partial charge in [-0.2, -0.15) is 57.9 Å². The van der Waals surface area contributed by atoms with Crippen molar-refractivity contribution in [2.75, 3.05) is 0 Å². The molecule has 0 saturated carbocycles. The topological polar surface area (TPSA) is 33.6 Å². The van der Waals surface area contributed by atoms with Gasteiger partial charge in [0.2, 0.25) is 0 Å². The van der Waals surface area contributed by atoms with Crippen LogP contribution < -0.4 is 0 Å². The van der Waals surface area contributed by atoms with E-state index in [1.165, 1.54) is 33.4 Å².